The fourth-order valence-corrected chi connectivity index (χ4v) is 3.62. The molecule has 0 N–H and O–H groups in total. The minimum atomic E-state index is -3.96. The molecular weight excluding hydrogens is 495 g/mol. The molecule has 0 aliphatic heterocycles. The molecule has 37 heavy (non-hydrogen) atoms. The Morgan fingerprint density at radius 1 is 0.730 bits per heavy atom. The second kappa shape index (κ2) is 13.0. The van der Waals surface area contributed by atoms with Gasteiger partial charge >= 0.3 is 19.8 Å². The van der Waals surface area contributed by atoms with E-state index in [4.69, 9.17) is 29.5 Å². The maximum absolute atomic E-state index is 13.2. The van der Waals surface area contributed by atoms with E-state index < -0.39 is 18.7 Å². The molecule has 0 spiro atoms. The van der Waals surface area contributed by atoms with Crippen LogP contribution in [0.1, 0.15) is 59.1 Å². The van der Waals surface area contributed by atoms with Gasteiger partial charge in [0.25, 0.3) is 0 Å². The van der Waals surface area contributed by atoms with Gasteiger partial charge in [-0.05, 0) is 76.9 Å². The normalized spacial score (nSPS) is 12.0. The Morgan fingerprint density at radius 3 is 1.43 bits per heavy atom. The first-order valence-electron chi connectivity index (χ1n) is 11.8. The van der Waals surface area contributed by atoms with Crippen molar-refractivity contribution in [2.24, 2.45) is 10.8 Å². The lowest BCUT2D eigenvalue weighted by atomic mass is 9.97. The quantitative estimate of drug-likeness (QED) is 0.107. The third-order valence-electron chi connectivity index (χ3n) is 4.77. The maximum atomic E-state index is 13.2. The largest absolute Gasteiger partial charge is 0.475 e. The minimum absolute atomic E-state index is 0.00281. The van der Waals surface area contributed by atoms with Gasteiger partial charge in [-0.15, -0.1) is 12.3 Å². The van der Waals surface area contributed by atoms with Crippen LogP contribution in [0, 0.1) is 23.2 Å². The Bertz CT molecular complexity index is 1050. The molecule has 8 nitrogen and oxygen atoms in total. The summed E-state index contributed by atoms with van der Waals surface area (Å²) < 4.78 is 40.4. The molecule has 2 aromatic carbocycles. The van der Waals surface area contributed by atoms with Crippen molar-refractivity contribution in [3.63, 3.8) is 0 Å². The topological polar surface area (TPSA) is 97.4 Å². The van der Waals surface area contributed by atoms with Gasteiger partial charge in [-0.3, -0.25) is 23.2 Å². The number of hydrogen-bond donors (Lipinski definition) is 0. The fourth-order valence-electron chi connectivity index (χ4n) is 2.46. The van der Waals surface area contributed by atoms with E-state index in [1.54, 1.807) is 90.1 Å². The molecule has 0 atom stereocenters. The molecule has 0 radical (unpaired) electrons. The van der Waals surface area contributed by atoms with Gasteiger partial charge in [0.1, 0.15) is 11.5 Å². The predicted molar refractivity (Wildman–Crippen MR) is 140 cm³/mol. The Kier molecular flexibility index (Phi) is 10.7. The summed E-state index contributed by atoms with van der Waals surface area (Å²) in [6.07, 6.45) is 5.50. The van der Waals surface area contributed by atoms with E-state index in [-0.39, 0.29) is 38.2 Å². The van der Waals surface area contributed by atoms with Crippen molar-refractivity contribution in [1.82, 2.24) is 0 Å². The van der Waals surface area contributed by atoms with E-state index in [1.165, 1.54) is 0 Å². The molecule has 0 bridgehead atoms. The van der Waals surface area contributed by atoms with Crippen molar-refractivity contribution in [3.8, 4) is 23.8 Å². The highest BCUT2D eigenvalue weighted by atomic mass is 31.2. The zero-order valence-corrected chi connectivity index (χ0v) is 23.1. The van der Waals surface area contributed by atoms with Crippen LogP contribution in [0.5, 0.6) is 11.5 Å². The predicted octanol–water partition coefficient (Wildman–Crippen LogP) is 6.47. The molecule has 2 aromatic rings. The SMILES string of the molecule is C#CCCOP(=O)(OCc1ccc(OC(=O)C(C)(C)C)cc1)OCc1ccc(OC(=O)C(C)(C)C)cc1. The van der Waals surface area contributed by atoms with Crippen LogP contribution in [0.3, 0.4) is 0 Å². The monoisotopic (exact) mass is 530 g/mol. The molecule has 0 aliphatic carbocycles. The summed E-state index contributed by atoms with van der Waals surface area (Å²) >= 11 is 0. The van der Waals surface area contributed by atoms with Crippen LogP contribution in [0.25, 0.3) is 0 Å². The van der Waals surface area contributed by atoms with Crippen molar-refractivity contribution >= 4 is 19.8 Å². The summed E-state index contributed by atoms with van der Waals surface area (Å²) in [7, 11) is -3.96. The number of carbonyl (C=O) groups is 2. The second-order valence-corrected chi connectivity index (χ2v) is 12.0. The second-order valence-electron chi connectivity index (χ2n) is 10.3. The smallest absolute Gasteiger partial charge is 0.426 e. The summed E-state index contributed by atoms with van der Waals surface area (Å²) in [4.78, 5) is 24.1. The number of rotatable bonds is 11. The van der Waals surface area contributed by atoms with Gasteiger partial charge in [0.05, 0.1) is 30.7 Å². The highest BCUT2D eigenvalue weighted by Crippen LogP contribution is 2.51. The van der Waals surface area contributed by atoms with Gasteiger partial charge in [-0.25, -0.2) is 4.57 Å². The Morgan fingerprint density at radius 2 is 1.11 bits per heavy atom. The van der Waals surface area contributed by atoms with Crippen LogP contribution in [-0.4, -0.2) is 18.5 Å². The van der Waals surface area contributed by atoms with Gasteiger partial charge in [0.2, 0.25) is 0 Å². The summed E-state index contributed by atoms with van der Waals surface area (Å²) in [5, 5.41) is 0. The van der Waals surface area contributed by atoms with E-state index in [2.05, 4.69) is 5.92 Å². The van der Waals surface area contributed by atoms with Gasteiger partial charge in [-0.1, -0.05) is 24.3 Å². The van der Waals surface area contributed by atoms with Crippen molar-refractivity contribution in [1.29, 1.82) is 0 Å². The summed E-state index contributed by atoms with van der Waals surface area (Å²) in [5.74, 6) is 2.50. The molecule has 0 unspecified atom stereocenters. The van der Waals surface area contributed by atoms with Crippen LogP contribution in [-0.2, 0) is 40.9 Å². The summed E-state index contributed by atoms with van der Waals surface area (Å²) in [6, 6.07) is 13.3. The zero-order valence-electron chi connectivity index (χ0n) is 22.2. The summed E-state index contributed by atoms with van der Waals surface area (Å²) in [6.45, 7) is 10.5. The van der Waals surface area contributed by atoms with Crippen LogP contribution >= 0.6 is 7.82 Å². The van der Waals surface area contributed by atoms with Crippen LogP contribution in [0.15, 0.2) is 48.5 Å². The third kappa shape index (κ3) is 10.5. The van der Waals surface area contributed by atoms with Gasteiger partial charge < -0.3 is 9.47 Å². The van der Waals surface area contributed by atoms with E-state index >= 15 is 0 Å². The highest BCUT2D eigenvalue weighted by molar-refractivity contribution is 7.48. The maximum Gasteiger partial charge on any atom is 0.475 e. The van der Waals surface area contributed by atoms with Crippen LogP contribution < -0.4 is 9.47 Å². The molecule has 0 saturated carbocycles. The minimum Gasteiger partial charge on any atom is -0.426 e. The Labute approximate surface area is 219 Å². The van der Waals surface area contributed by atoms with Crippen LogP contribution in [0.2, 0.25) is 0 Å². The van der Waals surface area contributed by atoms with Crippen molar-refractivity contribution < 1.29 is 37.2 Å². The molecule has 0 aliphatic rings. The molecule has 9 heteroatoms. The Hall–Kier alpha value is -2.95. The first-order chi connectivity index (χ1) is 17.2. The van der Waals surface area contributed by atoms with E-state index in [0.717, 1.165) is 0 Å². The number of ether oxygens (including phenoxy) is 2. The van der Waals surface area contributed by atoms with Crippen LogP contribution in [0.4, 0.5) is 0 Å². The zero-order chi connectivity index (χ0) is 27.7. The molecular formula is C28H35O8P. The van der Waals surface area contributed by atoms with E-state index in [1.807, 2.05) is 0 Å². The highest BCUT2D eigenvalue weighted by Gasteiger charge is 2.28. The lowest BCUT2D eigenvalue weighted by Crippen LogP contribution is -2.25. The lowest BCUT2D eigenvalue weighted by molar-refractivity contribution is -0.143. The number of esters is 2. The number of terminal acetylenes is 1. The molecule has 0 fully saturated rings. The third-order valence-corrected chi connectivity index (χ3v) is 6.16. The van der Waals surface area contributed by atoms with E-state index in [9.17, 15) is 14.2 Å². The van der Waals surface area contributed by atoms with Gasteiger partial charge in [-0.2, -0.15) is 0 Å². The fraction of sp³-hybridized carbons (Fsp3) is 0.429. The average Bonchev–Trinajstić information content (AvgIpc) is 2.82. The first-order valence-corrected chi connectivity index (χ1v) is 13.3. The number of hydrogen-bond acceptors (Lipinski definition) is 8. The molecule has 0 heterocycles. The number of carbonyl (C=O) groups excluding carboxylic acids is 2. The molecule has 200 valence electrons. The van der Waals surface area contributed by atoms with Gasteiger partial charge in [0, 0.05) is 6.42 Å². The average molecular weight is 531 g/mol. The number of phosphoric acid groups is 1. The molecule has 0 aromatic heterocycles. The number of benzene rings is 2. The standard InChI is InChI=1S/C28H35O8P/c1-8-9-18-32-37(31,33-19-21-10-14-23(15-11-21)35-25(29)27(2,3)4)34-20-22-12-16-24(17-13-22)36-26(30)28(5,6)7/h1,10-17H,9,18-20H2,2-7H3. The first kappa shape index (κ1) is 30.3. The van der Waals surface area contributed by atoms with Crippen molar-refractivity contribution in [2.45, 2.75) is 61.2 Å². The molecule has 0 saturated heterocycles. The lowest BCUT2D eigenvalue weighted by Gasteiger charge is -2.19. The molecule has 0 amide bonds. The van der Waals surface area contributed by atoms with Gasteiger partial charge in [0.15, 0.2) is 0 Å². The summed E-state index contributed by atoms with van der Waals surface area (Å²) in [5.41, 5.74) is 0.0899. The van der Waals surface area contributed by atoms with E-state index in [0.29, 0.717) is 22.6 Å². The number of phosphoric ester groups is 1. The van der Waals surface area contributed by atoms with Crippen molar-refractivity contribution in [3.05, 3.63) is 59.7 Å². The van der Waals surface area contributed by atoms with Crippen molar-refractivity contribution in [2.75, 3.05) is 6.61 Å². The Balaban J connectivity index is 1.99. The molecule has 2 rings (SSSR count).